The number of amides is 2. The van der Waals surface area contributed by atoms with Crippen LogP contribution in [0.15, 0.2) is 42.5 Å². The van der Waals surface area contributed by atoms with Gasteiger partial charge in [0.05, 0.1) is 20.1 Å². The van der Waals surface area contributed by atoms with E-state index in [1.807, 2.05) is 18.2 Å². The van der Waals surface area contributed by atoms with Crippen molar-refractivity contribution in [2.45, 2.75) is 18.8 Å². The van der Waals surface area contributed by atoms with Crippen molar-refractivity contribution < 1.29 is 19.1 Å². The van der Waals surface area contributed by atoms with E-state index in [0.717, 1.165) is 5.56 Å². The minimum atomic E-state index is -0.365. The van der Waals surface area contributed by atoms with Crippen LogP contribution in [0.3, 0.4) is 0 Å². The van der Waals surface area contributed by atoms with E-state index in [2.05, 4.69) is 5.32 Å². The van der Waals surface area contributed by atoms with Crippen molar-refractivity contribution in [2.75, 3.05) is 33.9 Å². The molecule has 2 amide bonds. The molecule has 0 aromatic heterocycles. The Morgan fingerprint density at radius 3 is 2.45 bits per heavy atom. The van der Waals surface area contributed by atoms with Crippen molar-refractivity contribution in [3.05, 3.63) is 58.6 Å². The molecule has 31 heavy (non-hydrogen) atoms. The maximum absolute atomic E-state index is 13.2. The first-order valence-corrected chi connectivity index (χ1v) is 10.9. The number of likely N-dealkylation sites (tertiary alicyclic amines) is 1. The van der Waals surface area contributed by atoms with Crippen molar-refractivity contribution in [2.24, 2.45) is 11.8 Å². The smallest absolute Gasteiger partial charge is 0.253 e. The van der Waals surface area contributed by atoms with Crippen LogP contribution in [0.5, 0.6) is 11.5 Å². The van der Waals surface area contributed by atoms with Crippen LogP contribution < -0.4 is 14.8 Å². The van der Waals surface area contributed by atoms with Crippen LogP contribution in [0.4, 0.5) is 0 Å². The van der Waals surface area contributed by atoms with Crippen molar-refractivity contribution in [1.82, 2.24) is 10.2 Å². The Kier molecular flexibility index (Phi) is 6.37. The minimum absolute atomic E-state index is 0.0202. The number of halogens is 1. The van der Waals surface area contributed by atoms with Gasteiger partial charge in [0, 0.05) is 41.7 Å². The fourth-order valence-electron chi connectivity index (χ4n) is 4.23. The van der Waals surface area contributed by atoms with E-state index in [1.54, 1.807) is 43.4 Å². The highest BCUT2D eigenvalue weighted by atomic mass is 35.5. The summed E-state index contributed by atoms with van der Waals surface area (Å²) in [5, 5.41) is 3.67. The number of para-hydroxylation sites is 1. The molecule has 1 saturated heterocycles. The van der Waals surface area contributed by atoms with Crippen LogP contribution in [0.1, 0.15) is 34.7 Å². The second-order valence-corrected chi connectivity index (χ2v) is 8.64. The van der Waals surface area contributed by atoms with Gasteiger partial charge in [0.25, 0.3) is 5.91 Å². The number of rotatable bonds is 7. The number of nitrogens with zero attached hydrogens (tertiary/aromatic N) is 1. The number of nitrogens with one attached hydrogen (secondary N) is 1. The maximum Gasteiger partial charge on any atom is 0.253 e. The molecule has 2 aromatic carbocycles. The van der Waals surface area contributed by atoms with Crippen molar-refractivity contribution in [3.63, 3.8) is 0 Å². The first kappa shape index (κ1) is 21.5. The van der Waals surface area contributed by atoms with E-state index >= 15 is 0 Å². The van der Waals surface area contributed by atoms with Gasteiger partial charge in [-0.3, -0.25) is 9.59 Å². The summed E-state index contributed by atoms with van der Waals surface area (Å²) in [6.45, 7) is 1.47. The van der Waals surface area contributed by atoms with Gasteiger partial charge in [-0.2, -0.15) is 0 Å². The van der Waals surface area contributed by atoms with E-state index in [9.17, 15) is 9.59 Å². The summed E-state index contributed by atoms with van der Waals surface area (Å²) in [6.07, 6.45) is 2.33. The molecule has 0 radical (unpaired) electrons. The van der Waals surface area contributed by atoms with E-state index in [-0.39, 0.29) is 23.7 Å². The number of hydrogen-bond acceptors (Lipinski definition) is 4. The quantitative estimate of drug-likeness (QED) is 0.709. The Morgan fingerprint density at radius 1 is 1.06 bits per heavy atom. The van der Waals surface area contributed by atoms with Gasteiger partial charge in [-0.1, -0.05) is 23.7 Å². The third-order valence-electron chi connectivity index (χ3n) is 6.13. The molecule has 1 heterocycles. The van der Waals surface area contributed by atoms with Crippen molar-refractivity contribution in [1.29, 1.82) is 0 Å². The van der Waals surface area contributed by atoms with E-state index in [0.29, 0.717) is 47.6 Å². The number of carbonyl (C=O) groups is 2. The maximum atomic E-state index is 13.2. The van der Waals surface area contributed by atoms with E-state index in [1.165, 1.54) is 12.8 Å². The predicted molar refractivity (Wildman–Crippen MR) is 119 cm³/mol. The highest BCUT2D eigenvalue weighted by molar-refractivity contribution is 6.30. The lowest BCUT2D eigenvalue weighted by atomic mass is 9.87. The Bertz CT molecular complexity index is 959. The zero-order chi connectivity index (χ0) is 22.0. The van der Waals surface area contributed by atoms with E-state index in [4.69, 9.17) is 21.1 Å². The Labute approximate surface area is 187 Å². The number of carbonyl (C=O) groups excluding carboxylic acids is 2. The minimum Gasteiger partial charge on any atom is -0.493 e. The number of ether oxygens (including phenoxy) is 2. The van der Waals surface area contributed by atoms with Crippen LogP contribution in [0.2, 0.25) is 5.02 Å². The molecule has 0 spiro atoms. The first-order valence-electron chi connectivity index (χ1n) is 10.5. The SMILES string of the molecule is COc1cccc([C@H]2CN(C(=O)c3ccc(Cl)cc3)C[C@H]2C(=O)NCC2CC2)c1OC. The number of methoxy groups -OCH3 is 2. The topological polar surface area (TPSA) is 67.9 Å². The summed E-state index contributed by atoms with van der Waals surface area (Å²) >= 11 is 5.97. The average molecular weight is 443 g/mol. The summed E-state index contributed by atoms with van der Waals surface area (Å²) in [5.41, 5.74) is 1.43. The summed E-state index contributed by atoms with van der Waals surface area (Å²) in [5.74, 6) is 1.11. The highest BCUT2D eigenvalue weighted by Gasteiger charge is 2.42. The second kappa shape index (κ2) is 9.18. The summed E-state index contributed by atoms with van der Waals surface area (Å²) in [6, 6.07) is 12.5. The largest absolute Gasteiger partial charge is 0.493 e. The molecule has 2 aliphatic rings. The van der Waals surface area contributed by atoms with Gasteiger partial charge in [0.2, 0.25) is 5.91 Å². The molecule has 164 valence electrons. The van der Waals surface area contributed by atoms with E-state index < -0.39 is 0 Å². The first-order chi connectivity index (χ1) is 15.0. The summed E-state index contributed by atoms with van der Waals surface area (Å²) < 4.78 is 11.1. The monoisotopic (exact) mass is 442 g/mol. The van der Waals surface area contributed by atoms with Gasteiger partial charge in [0.1, 0.15) is 0 Å². The molecule has 2 aromatic rings. The van der Waals surface area contributed by atoms with Gasteiger partial charge in [-0.15, -0.1) is 0 Å². The molecule has 1 N–H and O–H groups in total. The van der Waals surface area contributed by atoms with Crippen molar-refractivity contribution >= 4 is 23.4 Å². The fraction of sp³-hybridized carbons (Fsp3) is 0.417. The number of benzene rings is 2. The summed E-state index contributed by atoms with van der Waals surface area (Å²) in [7, 11) is 3.18. The lowest BCUT2D eigenvalue weighted by Gasteiger charge is -2.21. The Hall–Kier alpha value is -2.73. The van der Waals surface area contributed by atoms with Gasteiger partial charge >= 0.3 is 0 Å². The summed E-state index contributed by atoms with van der Waals surface area (Å²) in [4.78, 5) is 28.0. The molecule has 2 fully saturated rings. The van der Waals surface area contributed by atoms with Gasteiger partial charge in [-0.25, -0.2) is 0 Å². The molecule has 1 saturated carbocycles. The molecule has 6 nitrogen and oxygen atoms in total. The molecule has 0 bridgehead atoms. The number of hydrogen-bond donors (Lipinski definition) is 1. The van der Waals surface area contributed by atoms with Crippen LogP contribution >= 0.6 is 11.6 Å². The molecule has 2 atom stereocenters. The normalized spacial score (nSPS) is 20.4. The molecule has 4 rings (SSSR count). The van der Waals surface area contributed by atoms with Gasteiger partial charge < -0.3 is 19.7 Å². The molecular formula is C24H27ClN2O4. The van der Waals surface area contributed by atoms with Gasteiger partial charge in [-0.05, 0) is 49.1 Å². The molecule has 0 unspecified atom stereocenters. The second-order valence-electron chi connectivity index (χ2n) is 8.20. The molecular weight excluding hydrogens is 416 g/mol. The molecule has 7 heteroatoms. The zero-order valence-electron chi connectivity index (χ0n) is 17.8. The van der Waals surface area contributed by atoms with Gasteiger partial charge in [0.15, 0.2) is 11.5 Å². The average Bonchev–Trinajstić information content (AvgIpc) is 3.52. The third-order valence-corrected chi connectivity index (χ3v) is 6.38. The lowest BCUT2D eigenvalue weighted by molar-refractivity contribution is -0.125. The standard InChI is InChI=1S/C24H27ClN2O4/c1-30-21-5-3-4-18(22(21)31-2)19-13-27(24(29)16-8-10-17(25)11-9-16)14-20(19)23(28)26-12-15-6-7-15/h3-5,8-11,15,19-20H,6-7,12-14H2,1-2H3,(H,26,28)/t19-,20-/m1/s1. The predicted octanol–water partition coefficient (Wildman–Crippen LogP) is 3.74. The van der Waals surface area contributed by atoms with Crippen molar-refractivity contribution in [3.8, 4) is 11.5 Å². The molecule has 1 aliphatic carbocycles. The van der Waals surface area contributed by atoms with Crippen LogP contribution in [-0.2, 0) is 4.79 Å². The third kappa shape index (κ3) is 4.64. The van der Waals surface area contributed by atoms with Crippen LogP contribution in [0, 0.1) is 11.8 Å². The van der Waals surface area contributed by atoms with Crippen LogP contribution in [0.25, 0.3) is 0 Å². The Morgan fingerprint density at radius 2 is 1.81 bits per heavy atom. The van der Waals surface area contributed by atoms with Crippen LogP contribution in [-0.4, -0.2) is 50.6 Å². The fourth-order valence-corrected chi connectivity index (χ4v) is 4.35. The zero-order valence-corrected chi connectivity index (χ0v) is 18.5. The lowest BCUT2D eigenvalue weighted by Crippen LogP contribution is -2.36. The Balaban J connectivity index is 1.62. The highest BCUT2D eigenvalue weighted by Crippen LogP contribution is 2.42. The molecule has 1 aliphatic heterocycles.